The number of amides is 1. The molecule has 0 saturated carbocycles. The summed E-state index contributed by atoms with van der Waals surface area (Å²) in [5.41, 5.74) is 0.434. The van der Waals surface area contributed by atoms with Gasteiger partial charge in [-0.2, -0.15) is 0 Å². The third-order valence-corrected chi connectivity index (χ3v) is 4.93. The fraction of sp³-hybridized carbons (Fsp3) is 0.235. The highest BCUT2D eigenvalue weighted by Crippen LogP contribution is 2.28. The zero-order valence-electron chi connectivity index (χ0n) is 13.8. The number of hydrogen-bond donors (Lipinski definition) is 3. The van der Waals surface area contributed by atoms with Gasteiger partial charge in [-0.1, -0.05) is 29.8 Å². The lowest BCUT2D eigenvalue weighted by atomic mass is 10.3. The molecule has 0 aromatic heterocycles. The maximum Gasteiger partial charge on any atom is 0.261 e. The summed E-state index contributed by atoms with van der Waals surface area (Å²) in [4.78, 5) is 11.5. The van der Waals surface area contributed by atoms with E-state index in [-0.39, 0.29) is 34.8 Å². The number of para-hydroxylation sites is 1. The maximum absolute atomic E-state index is 12.4. The Balaban J connectivity index is 2.01. The summed E-state index contributed by atoms with van der Waals surface area (Å²) in [6.45, 7) is 0.0637. The molecule has 0 unspecified atom stereocenters. The van der Waals surface area contributed by atoms with Gasteiger partial charge in [0.2, 0.25) is 0 Å². The Bertz CT molecular complexity index is 843. The molecule has 0 saturated heterocycles. The Morgan fingerprint density at radius 3 is 2.54 bits per heavy atom. The van der Waals surface area contributed by atoms with Crippen molar-refractivity contribution in [1.29, 1.82) is 0 Å². The summed E-state index contributed by atoms with van der Waals surface area (Å²) in [5, 5.41) is 11.3. The van der Waals surface area contributed by atoms with Crippen molar-refractivity contribution in [2.75, 3.05) is 24.5 Å². The van der Waals surface area contributed by atoms with Gasteiger partial charge in [0, 0.05) is 18.8 Å². The quantitative estimate of drug-likeness (QED) is 0.560. The minimum atomic E-state index is -3.79. The van der Waals surface area contributed by atoms with E-state index in [4.69, 9.17) is 21.4 Å². The normalized spacial score (nSPS) is 11.0. The van der Waals surface area contributed by atoms with Gasteiger partial charge < -0.3 is 15.2 Å². The average Bonchev–Trinajstić information content (AvgIpc) is 2.61. The molecule has 2 aromatic rings. The number of nitrogens with one attached hydrogen (secondary N) is 2. The van der Waals surface area contributed by atoms with Crippen LogP contribution in [0.3, 0.4) is 0 Å². The van der Waals surface area contributed by atoms with Gasteiger partial charge in [-0.3, -0.25) is 9.52 Å². The molecule has 0 radical (unpaired) electrons. The third-order valence-electron chi connectivity index (χ3n) is 3.26. The Hall–Kier alpha value is -2.29. The fourth-order valence-electron chi connectivity index (χ4n) is 1.99. The highest BCUT2D eigenvalue weighted by molar-refractivity contribution is 7.92. The molecule has 140 valence electrons. The number of anilines is 1. The summed E-state index contributed by atoms with van der Waals surface area (Å²) >= 11 is 6.07. The van der Waals surface area contributed by atoms with Crippen molar-refractivity contribution in [3.8, 4) is 5.75 Å². The number of carbonyl (C=O) groups excluding carboxylic acids is 1. The van der Waals surface area contributed by atoms with Gasteiger partial charge in [-0.25, -0.2) is 8.42 Å². The van der Waals surface area contributed by atoms with Crippen LogP contribution in [0.1, 0.15) is 6.42 Å². The number of benzene rings is 2. The van der Waals surface area contributed by atoms with Crippen LogP contribution in [0.25, 0.3) is 0 Å². The second kappa shape index (κ2) is 9.42. The van der Waals surface area contributed by atoms with Crippen molar-refractivity contribution in [2.24, 2.45) is 0 Å². The van der Waals surface area contributed by atoms with Crippen LogP contribution in [0.4, 0.5) is 5.69 Å². The van der Waals surface area contributed by atoms with Gasteiger partial charge in [-0.15, -0.1) is 0 Å². The lowest BCUT2D eigenvalue weighted by Gasteiger charge is -2.11. The monoisotopic (exact) mass is 398 g/mol. The number of hydrogen-bond acceptors (Lipinski definition) is 5. The molecule has 9 heteroatoms. The first-order valence-corrected chi connectivity index (χ1v) is 9.66. The lowest BCUT2D eigenvalue weighted by molar-refractivity contribution is -0.123. The Labute approximate surface area is 157 Å². The standard InChI is InChI=1S/C17H19ClN2O5S/c18-15-11-14(26(23,24)20-13-5-2-1-3-6-13)7-8-16(15)25-12-17(22)19-9-4-10-21/h1-3,5-8,11,20-21H,4,9-10,12H2,(H,19,22). The number of ether oxygens (including phenoxy) is 1. The number of carbonyl (C=O) groups is 1. The summed E-state index contributed by atoms with van der Waals surface area (Å²) < 4.78 is 32.5. The van der Waals surface area contributed by atoms with Crippen LogP contribution in [0.2, 0.25) is 5.02 Å². The predicted molar refractivity (Wildman–Crippen MR) is 98.9 cm³/mol. The van der Waals surface area contributed by atoms with E-state index in [1.807, 2.05) is 0 Å². The molecule has 0 heterocycles. The van der Waals surface area contributed by atoms with Crippen molar-refractivity contribution in [1.82, 2.24) is 5.32 Å². The van der Waals surface area contributed by atoms with Crippen molar-refractivity contribution in [2.45, 2.75) is 11.3 Å². The summed E-state index contributed by atoms with van der Waals surface area (Å²) in [6, 6.07) is 12.5. The maximum atomic E-state index is 12.4. The first-order chi connectivity index (χ1) is 12.4. The molecule has 0 atom stereocenters. The zero-order valence-corrected chi connectivity index (χ0v) is 15.4. The second-order valence-corrected chi connectivity index (χ2v) is 7.37. The minimum Gasteiger partial charge on any atom is -0.482 e. The lowest BCUT2D eigenvalue weighted by Crippen LogP contribution is -2.30. The highest BCUT2D eigenvalue weighted by Gasteiger charge is 2.16. The molecule has 0 fully saturated rings. The molecule has 0 aliphatic rings. The van der Waals surface area contributed by atoms with Crippen LogP contribution in [-0.2, 0) is 14.8 Å². The van der Waals surface area contributed by atoms with Crippen LogP contribution in [-0.4, -0.2) is 39.2 Å². The van der Waals surface area contributed by atoms with E-state index in [1.165, 1.54) is 18.2 Å². The Morgan fingerprint density at radius 2 is 1.88 bits per heavy atom. The number of aliphatic hydroxyl groups excluding tert-OH is 1. The highest BCUT2D eigenvalue weighted by atomic mass is 35.5. The number of aliphatic hydroxyl groups is 1. The Kier molecular flexibility index (Phi) is 7.26. The van der Waals surface area contributed by atoms with Crippen LogP contribution in [0.5, 0.6) is 5.75 Å². The molecule has 0 aliphatic heterocycles. The van der Waals surface area contributed by atoms with Gasteiger partial charge in [0.05, 0.1) is 9.92 Å². The van der Waals surface area contributed by atoms with Crippen molar-refractivity contribution in [3.63, 3.8) is 0 Å². The van der Waals surface area contributed by atoms with Gasteiger partial charge in [0.15, 0.2) is 6.61 Å². The summed E-state index contributed by atoms with van der Waals surface area (Å²) in [5.74, 6) is -0.167. The van der Waals surface area contributed by atoms with E-state index in [0.29, 0.717) is 18.7 Å². The van der Waals surface area contributed by atoms with Crippen molar-refractivity contribution >= 4 is 33.2 Å². The average molecular weight is 399 g/mol. The van der Waals surface area contributed by atoms with E-state index in [9.17, 15) is 13.2 Å². The molecule has 2 aromatic carbocycles. The first kappa shape index (κ1) is 20.0. The summed E-state index contributed by atoms with van der Waals surface area (Å²) in [6.07, 6.45) is 0.452. The van der Waals surface area contributed by atoms with Gasteiger partial charge in [0.25, 0.3) is 15.9 Å². The predicted octanol–water partition coefficient (Wildman–Crippen LogP) is 2.02. The Morgan fingerprint density at radius 1 is 1.15 bits per heavy atom. The van der Waals surface area contributed by atoms with Crippen LogP contribution in [0.15, 0.2) is 53.4 Å². The molecule has 3 N–H and O–H groups in total. The first-order valence-electron chi connectivity index (χ1n) is 7.80. The molecule has 1 amide bonds. The van der Waals surface area contributed by atoms with E-state index < -0.39 is 10.0 Å². The zero-order chi connectivity index (χ0) is 19.0. The topological polar surface area (TPSA) is 105 Å². The smallest absolute Gasteiger partial charge is 0.261 e. The van der Waals surface area contributed by atoms with Gasteiger partial charge >= 0.3 is 0 Å². The van der Waals surface area contributed by atoms with Crippen LogP contribution < -0.4 is 14.8 Å². The van der Waals surface area contributed by atoms with E-state index in [2.05, 4.69) is 10.0 Å². The van der Waals surface area contributed by atoms with E-state index in [0.717, 1.165) is 0 Å². The second-order valence-electron chi connectivity index (χ2n) is 5.28. The number of rotatable bonds is 9. The number of sulfonamides is 1. The summed E-state index contributed by atoms with van der Waals surface area (Å²) in [7, 11) is -3.79. The largest absolute Gasteiger partial charge is 0.482 e. The molecule has 0 bridgehead atoms. The molecule has 0 spiro atoms. The van der Waals surface area contributed by atoms with E-state index in [1.54, 1.807) is 30.3 Å². The molecule has 2 rings (SSSR count). The van der Waals surface area contributed by atoms with Crippen molar-refractivity contribution < 1.29 is 23.1 Å². The van der Waals surface area contributed by atoms with Crippen LogP contribution in [0, 0.1) is 0 Å². The van der Waals surface area contributed by atoms with E-state index >= 15 is 0 Å². The molecule has 26 heavy (non-hydrogen) atoms. The molecular weight excluding hydrogens is 380 g/mol. The molecular formula is C17H19ClN2O5S. The molecule has 0 aliphatic carbocycles. The van der Waals surface area contributed by atoms with Crippen molar-refractivity contribution in [3.05, 3.63) is 53.6 Å². The van der Waals surface area contributed by atoms with Crippen LogP contribution >= 0.6 is 11.6 Å². The fourth-order valence-corrected chi connectivity index (χ4v) is 3.37. The number of halogens is 1. The van der Waals surface area contributed by atoms with Gasteiger partial charge in [0.1, 0.15) is 5.75 Å². The van der Waals surface area contributed by atoms with Gasteiger partial charge in [-0.05, 0) is 36.8 Å². The molecule has 7 nitrogen and oxygen atoms in total. The SMILES string of the molecule is O=C(COc1ccc(S(=O)(=O)Nc2ccccc2)cc1Cl)NCCCO. The third kappa shape index (κ3) is 5.91. The minimum absolute atomic E-state index is 0.0140.